The lowest BCUT2D eigenvalue weighted by Crippen LogP contribution is -2.30. The van der Waals surface area contributed by atoms with Gasteiger partial charge in [-0.3, -0.25) is 14.9 Å². The van der Waals surface area contributed by atoms with Gasteiger partial charge in [-0.1, -0.05) is 0 Å². The summed E-state index contributed by atoms with van der Waals surface area (Å²) in [5.41, 5.74) is -0.724. The lowest BCUT2D eigenvalue weighted by atomic mass is 10.2. The number of hydrogen-bond acceptors (Lipinski definition) is 7. The first-order valence-electron chi connectivity index (χ1n) is 8.05. The van der Waals surface area contributed by atoms with Crippen molar-refractivity contribution in [2.75, 3.05) is 19.5 Å². The highest BCUT2D eigenvalue weighted by molar-refractivity contribution is 9.10. The average molecular weight is 471 g/mol. The van der Waals surface area contributed by atoms with E-state index in [0.29, 0.717) is 16.0 Å². The van der Waals surface area contributed by atoms with Crippen molar-refractivity contribution in [3.63, 3.8) is 0 Å². The fourth-order valence-corrected chi connectivity index (χ4v) is 2.80. The van der Waals surface area contributed by atoms with Crippen LogP contribution in [0.2, 0.25) is 0 Å². The van der Waals surface area contributed by atoms with E-state index in [2.05, 4.69) is 21.2 Å². The second-order valence-corrected chi connectivity index (χ2v) is 6.45. The number of carbonyl (C=O) groups is 2. The van der Waals surface area contributed by atoms with E-state index in [-0.39, 0.29) is 11.3 Å². The Hall–Kier alpha value is -3.21. The molecule has 0 aliphatic rings. The monoisotopic (exact) mass is 470 g/mol. The van der Waals surface area contributed by atoms with Crippen molar-refractivity contribution in [2.24, 2.45) is 0 Å². The molecule has 0 aliphatic carbocycles. The maximum atomic E-state index is 13.4. The first-order chi connectivity index (χ1) is 13.7. The van der Waals surface area contributed by atoms with Crippen molar-refractivity contribution in [1.29, 1.82) is 0 Å². The zero-order valence-electron chi connectivity index (χ0n) is 15.5. The number of hydrogen-bond donors (Lipinski definition) is 1. The Balaban J connectivity index is 2.13. The zero-order chi connectivity index (χ0) is 21.7. The van der Waals surface area contributed by atoms with Gasteiger partial charge in [0.25, 0.3) is 5.91 Å². The van der Waals surface area contributed by atoms with E-state index in [9.17, 15) is 24.1 Å². The van der Waals surface area contributed by atoms with Gasteiger partial charge in [-0.2, -0.15) is 4.39 Å². The van der Waals surface area contributed by atoms with Gasteiger partial charge in [0, 0.05) is 11.8 Å². The highest BCUT2D eigenvalue weighted by atomic mass is 79.9. The molecule has 1 unspecified atom stereocenters. The lowest BCUT2D eigenvalue weighted by Gasteiger charge is -2.15. The third-order valence-corrected chi connectivity index (χ3v) is 4.53. The molecule has 0 saturated heterocycles. The van der Waals surface area contributed by atoms with Crippen molar-refractivity contribution in [3.05, 3.63) is 56.3 Å². The minimum Gasteiger partial charge on any atom is -0.495 e. The number of benzene rings is 2. The topological polar surface area (TPSA) is 117 Å². The molecule has 0 heterocycles. The summed E-state index contributed by atoms with van der Waals surface area (Å²) >= 11 is 3.28. The van der Waals surface area contributed by atoms with Gasteiger partial charge in [-0.15, -0.1) is 0 Å². The van der Waals surface area contributed by atoms with Gasteiger partial charge in [-0.05, 0) is 47.1 Å². The van der Waals surface area contributed by atoms with E-state index < -0.39 is 34.4 Å². The van der Waals surface area contributed by atoms with Gasteiger partial charge in [0.2, 0.25) is 5.82 Å². The van der Waals surface area contributed by atoms with Crippen molar-refractivity contribution < 1.29 is 33.1 Å². The van der Waals surface area contributed by atoms with Crippen LogP contribution in [-0.4, -0.2) is 37.1 Å². The highest BCUT2D eigenvalue weighted by Gasteiger charge is 2.23. The highest BCUT2D eigenvalue weighted by Crippen LogP contribution is 2.35. The first-order valence-corrected chi connectivity index (χ1v) is 8.84. The van der Waals surface area contributed by atoms with Crippen LogP contribution in [0.5, 0.6) is 11.5 Å². The van der Waals surface area contributed by atoms with Crippen LogP contribution in [0.15, 0.2) is 34.8 Å². The molecule has 9 nitrogen and oxygen atoms in total. The normalized spacial score (nSPS) is 11.3. The lowest BCUT2D eigenvalue weighted by molar-refractivity contribution is -0.387. The number of carbonyl (C=O) groups excluding carboxylic acids is 2. The Morgan fingerprint density at radius 3 is 2.28 bits per heavy atom. The number of methoxy groups -OCH3 is 2. The van der Waals surface area contributed by atoms with Crippen LogP contribution >= 0.6 is 15.9 Å². The average Bonchev–Trinajstić information content (AvgIpc) is 2.69. The molecule has 2 rings (SSSR count). The van der Waals surface area contributed by atoms with Crippen LogP contribution in [0, 0.1) is 15.9 Å². The molecule has 0 fully saturated rings. The summed E-state index contributed by atoms with van der Waals surface area (Å²) < 4.78 is 29.3. The number of esters is 1. The molecule has 11 heteroatoms. The van der Waals surface area contributed by atoms with E-state index in [4.69, 9.17) is 14.2 Å². The van der Waals surface area contributed by atoms with Crippen molar-refractivity contribution >= 4 is 39.2 Å². The summed E-state index contributed by atoms with van der Waals surface area (Å²) in [6, 6.07) is 5.68. The maximum absolute atomic E-state index is 13.4. The summed E-state index contributed by atoms with van der Waals surface area (Å²) in [6.07, 6.45) is -1.24. The molecule has 154 valence electrons. The molecule has 0 aliphatic heterocycles. The van der Waals surface area contributed by atoms with Crippen molar-refractivity contribution in [1.82, 2.24) is 0 Å². The number of nitro groups is 1. The van der Waals surface area contributed by atoms with Crippen LogP contribution in [0.1, 0.15) is 17.3 Å². The third-order valence-electron chi connectivity index (χ3n) is 3.74. The molecule has 0 spiro atoms. The SMILES string of the molecule is COc1cc(C(=O)OC(C)C(=O)Nc2ccc(F)c([N+](=O)[O-])c2)cc(OC)c1Br. The summed E-state index contributed by atoms with van der Waals surface area (Å²) in [7, 11) is 2.82. The Bertz CT molecular complexity index is 942. The van der Waals surface area contributed by atoms with E-state index in [0.717, 1.165) is 18.2 Å². The minimum absolute atomic E-state index is 0.0158. The molecule has 1 N–H and O–H groups in total. The smallest absolute Gasteiger partial charge is 0.339 e. The molecular weight excluding hydrogens is 455 g/mol. The number of halogens is 2. The number of nitrogens with zero attached hydrogens (tertiary/aromatic N) is 1. The zero-order valence-corrected chi connectivity index (χ0v) is 17.1. The van der Waals surface area contributed by atoms with Gasteiger partial charge >= 0.3 is 11.7 Å². The Kier molecular flexibility index (Phi) is 7.10. The van der Waals surface area contributed by atoms with Crippen LogP contribution in [0.3, 0.4) is 0 Å². The maximum Gasteiger partial charge on any atom is 0.339 e. The molecule has 0 saturated carbocycles. The number of rotatable bonds is 7. The van der Waals surface area contributed by atoms with Crippen molar-refractivity contribution in [3.8, 4) is 11.5 Å². The number of amides is 1. The van der Waals surface area contributed by atoms with Crippen LogP contribution in [0.25, 0.3) is 0 Å². The second kappa shape index (κ2) is 9.32. The molecule has 0 radical (unpaired) electrons. The molecule has 2 aromatic rings. The summed E-state index contributed by atoms with van der Waals surface area (Å²) in [5, 5.41) is 13.1. The molecule has 1 atom stereocenters. The fraction of sp³-hybridized carbons (Fsp3) is 0.222. The van der Waals surface area contributed by atoms with E-state index in [1.165, 1.54) is 33.3 Å². The molecule has 2 aromatic carbocycles. The van der Waals surface area contributed by atoms with Gasteiger partial charge in [0.05, 0.1) is 24.7 Å². The van der Waals surface area contributed by atoms with Crippen LogP contribution in [0.4, 0.5) is 15.8 Å². The Morgan fingerprint density at radius 1 is 1.17 bits per heavy atom. The quantitative estimate of drug-likeness (QED) is 0.372. The van der Waals surface area contributed by atoms with Crippen LogP contribution < -0.4 is 14.8 Å². The van der Waals surface area contributed by atoms with Gasteiger partial charge in [0.1, 0.15) is 16.0 Å². The number of ether oxygens (including phenoxy) is 3. The van der Waals surface area contributed by atoms with Gasteiger partial charge < -0.3 is 19.5 Å². The Morgan fingerprint density at radius 2 is 1.76 bits per heavy atom. The second-order valence-electron chi connectivity index (χ2n) is 5.65. The van der Waals surface area contributed by atoms with Gasteiger partial charge in [-0.25, -0.2) is 4.79 Å². The van der Waals surface area contributed by atoms with Gasteiger partial charge in [0.15, 0.2) is 6.10 Å². The van der Waals surface area contributed by atoms with E-state index >= 15 is 0 Å². The van der Waals surface area contributed by atoms with E-state index in [1.54, 1.807) is 0 Å². The first kappa shape index (κ1) is 22.1. The number of nitro benzene ring substituents is 1. The fourth-order valence-electron chi connectivity index (χ4n) is 2.24. The standard InChI is InChI=1S/C18H16BrFN2O7/c1-9(17(23)21-11-4-5-12(20)13(8-11)22(25)26)29-18(24)10-6-14(27-2)16(19)15(7-10)28-3/h4-9H,1-3H3,(H,21,23). The summed E-state index contributed by atoms with van der Waals surface area (Å²) in [6.45, 7) is 1.32. The number of nitrogens with one attached hydrogen (secondary N) is 1. The number of anilines is 1. The van der Waals surface area contributed by atoms with Crippen LogP contribution in [-0.2, 0) is 9.53 Å². The largest absolute Gasteiger partial charge is 0.495 e. The molecule has 1 amide bonds. The summed E-state index contributed by atoms with van der Waals surface area (Å²) in [4.78, 5) is 34.5. The summed E-state index contributed by atoms with van der Waals surface area (Å²) in [5.74, 6) is -1.96. The molecular formula is C18H16BrFN2O7. The predicted molar refractivity (Wildman–Crippen MR) is 104 cm³/mol. The predicted octanol–water partition coefficient (Wildman–Crippen LogP) is 3.70. The third kappa shape index (κ3) is 5.19. The molecule has 29 heavy (non-hydrogen) atoms. The van der Waals surface area contributed by atoms with Crippen molar-refractivity contribution in [2.45, 2.75) is 13.0 Å². The van der Waals surface area contributed by atoms with E-state index in [1.807, 2.05) is 0 Å². The minimum atomic E-state index is -1.24. The Labute approximate surface area is 173 Å². The molecule has 0 aromatic heterocycles. The molecule has 0 bridgehead atoms.